The number of para-hydroxylation sites is 1. The van der Waals surface area contributed by atoms with Crippen molar-refractivity contribution in [1.29, 1.82) is 0 Å². The summed E-state index contributed by atoms with van der Waals surface area (Å²) in [6.45, 7) is 10.8. The second-order valence-corrected chi connectivity index (χ2v) is 9.14. The van der Waals surface area contributed by atoms with E-state index in [2.05, 4.69) is 18.5 Å². The molecule has 3 rings (SSSR count). The van der Waals surface area contributed by atoms with Crippen molar-refractivity contribution in [3.63, 3.8) is 0 Å². The normalized spacial score (nSPS) is 20.2. The van der Waals surface area contributed by atoms with Gasteiger partial charge in [0.05, 0.1) is 22.5 Å². The Kier molecular flexibility index (Phi) is 7.62. The predicted molar refractivity (Wildman–Crippen MR) is 129 cm³/mol. The minimum Gasteiger partial charge on any atom is -0.325 e. The third kappa shape index (κ3) is 5.42. The van der Waals surface area contributed by atoms with Crippen molar-refractivity contribution in [2.45, 2.75) is 39.0 Å². The Morgan fingerprint density at radius 1 is 1.03 bits per heavy atom. The molecule has 2 amide bonds. The van der Waals surface area contributed by atoms with Gasteiger partial charge in [0.2, 0.25) is 11.8 Å². The van der Waals surface area contributed by atoms with Crippen LogP contribution in [0.2, 0.25) is 0 Å². The SMILES string of the molecule is C=CCC1C(=O)N(c2c(C)cccc2C)CC1(CC=C)C(=O)Nc1cc(C(F)(F)F)cc(C(F)(F)F)c1. The lowest BCUT2D eigenvalue weighted by Crippen LogP contribution is -2.43. The van der Waals surface area contributed by atoms with Crippen LogP contribution in [0.25, 0.3) is 0 Å². The van der Waals surface area contributed by atoms with Crippen LogP contribution in [-0.4, -0.2) is 18.4 Å². The van der Waals surface area contributed by atoms with E-state index in [9.17, 15) is 35.9 Å². The zero-order valence-electron chi connectivity index (χ0n) is 20.3. The van der Waals surface area contributed by atoms with Crippen molar-refractivity contribution >= 4 is 23.2 Å². The highest BCUT2D eigenvalue weighted by Crippen LogP contribution is 2.47. The van der Waals surface area contributed by atoms with Gasteiger partial charge < -0.3 is 10.2 Å². The number of hydrogen-bond donors (Lipinski definition) is 1. The zero-order chi connectivity index (χ0) is 27.8. The average molecular weight is 525 g/mol. The summed E-state index contributed by atoms with van der Waals surface area (Å²) in [7, 11) is 0. The van der Waals surface area contributed by atoms with Gasteiger partial charge in [-0.25, -0.2) is 0 Å². The molecule has 0 spiro atoms. The minimum atomic E-state index is -5.08. The largest absolute Gasteiger partial charge is 0.416 e. The molecule has 1 saturated heterocycles. The molecular weight excluding hydrogens is 498 g/mol. The number of anilines is 2. The first kappa shape index (κ1) is 28.0. The van der Waals surface area contributed by atoms with Crippen LogP contribution in [0.3, 0.4) is 0 Å². The van der Waals surface area contributed by atoms with Gasteiger partial charge in [0.15, 0.2) is 0 Å². The number of amides is 2. The molecule has 1 aliphatic rings. The Morgan fingerprint density at radius 2 is 1.57 bits per heavy atom. The molecule has 2 atom stereocenters. The molecule has 1 heterocycles. The van der Waals surface area contributed by atoms with E-state index in [1.54, 1.807) is 26.0 Å². The van der Waals surface area contributed by atoms with Gasteiger partial charge in [-0.05, 0) is 56.0 Å². The van der Waals surface area contributed by atoms with Crippen LogP contribution in [0.15, 0.2) is 61.7 Å². The number of halogens is 6. The van der Waals surface area contributed by atoms with Gasteiger partial charge >= 0.3 is 12.4 Å². The van der Waals surface area contributed by atoms with Gasteiger partial charge in [0, 0.05) is 17.9 Å². The maximum absolute atomic E-state index is 13.7. The summed E-state index contributed by atoms with van der Waals surface area (Å²) in [5.74, 6) is -2.24. The third-order valence-corrected chi connectivity index (χ3v) is 6.59. The van der Waals surface area contributed by atoms with Crippen LogP contribution in [-0.2, 0) is 21.9 Å². The first-order valence-electron chi connectivity index (χ1n) is 11.4. The summed E-state index contributed by atoms with van der Waals surface area (Å²) in [6, 6.07) is 6.28. The van der Waals surface area contributed by atoms with Crippen LogP contribution >= 0.6 is 0 Å². The summed E-state index contributed by atoms with van der Waals surface area (Å²) >= 11 is 0. The second kappa shape index (κ2) is 10.1. The van der Waals surface area contributed by atoms with Crippen LogP contribution in [0.5, 0.6) is 0 Å². The molecule has 1 fully saturated rings. The molecule has 4 nitrogen and oxygen atoms in total. The Balaban J connectivity index is 2.11. The number of allylic oxidation sites excluding steroid dienone is 2. The van der Waals surface area contributed by atoms with E-state index in [1.807, 2.05) is 6.07 Å². The van der Waals surface area contributed by atoms with Crippen molar-refractivity contribution in [1.82, 2.24) is 0 Å². The molecule has 2 aromatic rings. The van der Waals surface area contributed by atoms with E-state index < -0.39 is 52.3 Å². The van der Waals surface area contributed by atoms with Crippen LogP contribution in [0, 0.1) is 25.2 Å². The number of hydrogen-bond acceptors (Lipinski definition) is 2. The smallest absolute Gasteiger partial charge is 0.325 e. The Bertz CT molecular complexity index is 1180. The number of alkyl halides is 6. The summed E-state index contributed by atoms with van der Waals surface area (Å²) < 4.78 is 80.1. The fraction of sp³-hybridized carbons (Fsp3) is 0.333. The fourth-order valence-electron chi connectivity index (χ4n) is 4.88. The van der Waals surface area contributed by atoms with E-state index in [0.29, 0.717) is 17.8 Å². The van der Waals surface area contributed by atoms with E-state index in [-0.39, 0.29) is 25.5 Å². The zero-order valence-corrected chi connectivity index (χ0v) is 20.3. The molecule has 198 valence electrons. The molecule has 0 bridgehead atoms. The number of aryl methyl sites for hydroxylation is 2. The van der Waals surface area contributed by atoms with Gasteiger partial charge in [-0.15, -0.1) is 13.2 Å². The summed E-state index contributed by atoms with van der Waals surface area (Å²) in [5, 5.41) is 2.24. The van der Waals surface area contributed by atoms with Gasteiger partial charge in [-0.3, -0.25) is 9.59 Å². The highest BCUT2D eigenvalue weighted by Gasteiger charge is 2.56. The number of nitrogens with one attached hydrogen (secondary N) is 1. The van der Waals surface area contributed by atoms with Crippen molar-refractivity contribution in [3.05, 3.63) is 84.0 Å². The molecule has 0 aliphatic carbocycles. The molecule has 0 radical (unpaired) electrons. The third-order valence-electron chi connectivity index (χ3n) is 6.59. The summed E-state index contributed by atoms with van der Waals surface area (Å²) in [4.78, 5) is 28.7. The molecule has 10 heteroatoms. The van der Waals surface area contributed by atoms with E-state index >= 15 is 0 Å². The molecular formula is C27H26F6N2O2. The van der Waals surface area contributed by atoms with Crippen molar-refractivity contribution < 1.29 is 35.9 Å². The first-order valence-corrected chi connectivity index (χ1v) is 11.4. The van der Waals surface area contributed by atoms with Crippen LogP contribution < -0.4 is 10.2 Å². The standard InChI is InChI=1S/C27H26F6N2O2/c1-5-8-21-23(36)35(22-16(3)9-7-10-17(22)4)15-25(21,11-6-2)24(37)34-20-13-18(26(28,29)30)12-19(14-20)27(31,32)33/h5-7,9-10,12-14,21H,1-2,8,11,15H2,3-4H3,(H,34,37). The Morgan fingerprint density at radius 3 is 2.03 bits per heavy atom. The van der Waals surface area contributed by atoms with Gasteiger partial charge in [0.25, 0.3) is 0 Å². The number of rotatable bonds is 7. The molecule has 1 N–H and O–H groups in total. The fourth-order valence-corrected chi connectivity index (χ4v) is 4.88. The highest BCUT2D eigenvalue weighted by molar-refractivity contribution is 6.08. The quantitative estimate of drug-likeness (QED) is 0.311. The molecule has 0 aromatic heterocycles. The second-order valence-electron chi connectivity index (χ2n) is 9.14. The lowest BCUT2D eigenvalue weighted by Gasteiger charge is -2.31. The van der Waals surface area contributed by atoms with Gasteiger partial charge in [-0.2, -0.15) is 26.3 Å². The molecule has 2 unspecified atom stereocenters. The van der Waals surface area contributed by atoms with Gasteiger partial charge in [-0.1, -0.05) is 30.4 Å². The molecule has 2 aromatic carbocycles. The Hall–Kier alpha value is -3.56. The first-order chi connectivity index (χ1) is 17.2. The number of carbonyl (C=O) groups is 2. The topological polar surface area (TPSA) is 49.4 Å². The Labute approximate surface area is 210 Å². The van der Waals surface area contributed by atoms with Crippen LogP contribution in [0.1, 0.15) is 35.1 Å². The summed E-state index contributed by atoms with van der Waals surface area (Å²) in [5.41, 5.74) is -3.17. The minimum absolute atomic E-state index is 0.0164. The van der Waals surface area contributed by atoms with Crippen molar-refractivity contribution in [3.8, 4) is 0 Å². The molecule has 0 saturated carbocycles. The van der Waals surface area contributed by atoms with E-state index in [4.69, 9.17) is 0 Å². The number of carbonyl (C=O) groups excluding carboxylic acids is 2. The monoisotopic (exact) mass is 524 g/mol. The number of benzene rings is 2. The highest BCUT2D eigenvalue weighted by atomic mass is 19.4. The maximum atomic E-state index is 13.7. The lowest BCUT2D eigenvalue weighted by molar-refractivity contribution is -0.143. The van der Waals surface area contributed by atoms with Crippen molar-refractivity contribution in [2.75, 3.05) is 16.8 Å². The predicted octanol–water partition coefficient (Wildman–Crippen LogP) is 7.08. The van der Waals surface area contributed by atoms with Crippen LogP contribution in [0.4, 0.5) is 37.7 Å². The maximum Gasteiger partial charge on any atom is 0.416 e. The summed E-state index contributed by atoms with van der Waals surface area (Å²) in [6.07, 6.45) is -7.27. The molecule has 1 aliphatic heterocycles. The van der Waals surface area contributed by atoms with Crippen molar-refractivity contribution in [2.24, 2.45) is 11.3 Å². The number of nitrogens with zero attached hydrogens (tertiary/aromatic N) is 1. The lowest BCUT2D eigenvalue weighted by atomic mass is 9.72. The molecule has 37 heavy (non-hydrogen) atoms. The van der Waals surface area contributed by atoms with E-state index in [0.717, 1.165) is 11.1 Å². The average Bonchev–Trinajstić information content (AvgIpc) is 3.05. The van der Waals surface area contributed by atoms with E-state index in [1.165, 1.54) is 17.1 Å². The van der Waals surface area contributed by atoms with Gasteiger partial charge in [0.1, 0.15) is 0 Å².